The second-order valence-electron chi connectivity index (χ2n) is 5.60. The number of carboxylic acids is 1. The zero-order chi connectivity index (χ0) is 12.2. The Balaban J connectivity index is 4.44. The summed E-state index contributed by atoms with van der Waals surface area (Å²) in [5.74, 6) is -1.11. The van der Waals surface area contributed by atoms with Crippen LogP contribution >= 0.6 is 0 Å². The van der Waals surface area contributed by atoms with Crippen LogP contribution in [0, 0.1) is 17.3 Å². The van der Waals surface area contributed by atoms with Gasteiger partial charge in [0.05, 0.1) is 5.92 Å². The highest BCUT2D eigenvalue weighted by atomic mass is 16.4. The van der Waals surface area contributed by atoms with Crippen molar-refractivity contribution in [2.24, 2.45) is 17.3 Å². The fourth-order valence-electron chi connectivity index (χ4n) is 1.53. The Morgan fingerprint density at radius 3 is 1.87 bits per heavy atom. The zero-order valence-corrected chi connectivity index (χ0v) is 10.3. The van der Waals surface area contributed by atoms with E-state index in [1.807, 2.05) is 34.6 Å². The maximum absolute atomic E-state index is 11.6. The fraction of sp³-hybridized carbons (Fsp3) is 0.833. The molecule has 0 aromatic heterocycles. The van der Waals surface area contributed by atoms with Crippen LogP contribution in [0.15, 0.2) is 0 Å². The number of carbonyl (C=O) groups excluding carboxylic acids is 1. The summed E-state index contributed by atoms with van der Waals surface area (Å²) in [7, 11) is 0. The first-order valence-corrected chi connectivity index (χ1v) is 5.39. The number of rotatable bonds is 5. The summed E-state index contributed by atoms with van der Waals surface area (Å²) in [6.45, 7) is 9.49. The number of hydrogen-bond donors (Lipinski definition) is 1. The summed E-state index contributed by atoms with van der Waals surface area (Å²) < 4.78 is 0. The number of Topliss-reactive ketones (excluding diaryl/α,β-unsaturated/α-hetero) is 1. The molecule has 88 valence electrons. The maximum Gasteiger partial charge on any atom is 0.307 e. The van der Waals surface area contributed by atoms with Crippen molar-refractivity contribution in [3.8, 4) is 0 Å². The van der Waals surface area contributed by atoms with Gasteiger partial charge in [-0.3, -0.25) is 9.59 Å². The Kier molecular flexibility index (Phi) is 4.98. The van der Waals surface area contributed by atoms with Crippen LogP contribution in [-0.4, -0.2) is 16.9 Å². The minimum absolute atomic E-state index is 0.0484. The molecule has 0 saturated carbocycles. The van der Waals surface area contributed by atoms with E-state index >= 15 is 0 Å². The second-order valence-corrected chi connectivity index (χ2v) is 5.60. The lowest BCUT2D eigenvalue weighted by Crippen LogP contribution is -2.30. The number of ketones is 1. The van der Waals surface area contributed by atoms with Gasteiger partial charge < -0.3 is 5.11 Å². The van der Waals surface area contributed by atoms with Gasteiger partial charge in [-0.1, -0.05) is 34.6 Å². The van der Waals surface area contributed by atoms with Crippen molar-refractivity contribution in [1.82, 2.24) is 0 Å². The molecule has 0 heterocycles. The predicted octanol–water partition coefficient (Wildman–Crippen LogP) is 2.74. The Morgan fingerprint density at radius 2 is 1.60 bits per heavy atom. The van der Waals surface area contributed by atoms with Crippen LogP contribution in [0.1, 0.15) is 47.5 Å². The molecule has 0 saturated heterocycles. The second kappa shape index (κ2) is 5.29. The van der Waals surface area contributed by atoms with Crippen molar-refractivity contribution < 1.29 is 14.7 Å². The van der Waals surface area contributed by atoms with E-state index in [0.29, 0.717) is 12.3 Å². The van der Waals surface area contributed by atoms with E-state index in [1.165, 1.54) is 0 Å². The van der Waals surface area contributed by atoms with Crippen LogP contribution < -0.4 is 0 Å². The van der Waals surface area contributed by atoms with Gasteiger partial charge in [0.15, 0.2) is 0 Å². The Morgan fingerprint density at radius 1 is 1.13 bits per heavy atom. The van der Waals surface area contributed by atoms with Gasteiger partial charge in [0, 0.05) is 12.8 Å². The fourth-order valence-corrected chi connectivity index (χ4v) is 1.53. The van der Waals surface area contributed by atoms with Crippen molar-refractivity contribution in [1.29, 1.82) is 0 Å². The molecule has 3 nitrogen and oxygen atoms in total. The molecule has 0 aromatic rings. The van der Waals surface area contributed by atoms with Crippen molar-refractivity contribution in [3.63, 3.8) is 0 Å². The quantitative estimate of drug-likeness (QED) is 0.765. The molecule has 0 radical (unpaired) electrons. The van der Waals surface area contributed by atoms with E-state index < -0.39 is 11.9 Å². The normalized spacial score (nSPS) is 14.0. The van der Waals surface area contributed by atoms with Crippen molar-refractivity contribution in [2.45, 2.75) is 47.5 Å². The number of aliphatic carboxylic acids is 1. The molecule has 0 rings (SSSR count). The first-order valence-electron chi connectivity index (χ1n) is 5.39. The third-order valence-electron chi connectivity index (χ3n) is 2.41. The van der Waals surface area contributed by atoms with Gasteiger partial charge in [0.1, 0.15) is 5.78 Å². The highest BCUT2D eigenvalue weighted by Crippen LogP contribution is 2.29. The van der Waals surface area contributed by atoms with Crippen molar-refractivity contribution >= 4 is 11.8 Å². The van der Waals surface area contributed by atoms with Gasteiger partial charge >= 0.3 is 5.97 Å². The van der Waals surface area contributed by atoms with Gasteiger partial charge in [-0.25, -0.2) is 0 Å². The molecule has 0 aliphatic rings. The van der Waals surface area contributed by atoms with E-state index in [-0.39, 0.29) is 17.6 Å². The van der Waals surface area contributed by atoms with Crippen LogP contribution in [0.25, 0.3) is 0 Å². The molecule has 0 aromatic carbocycles. The molecule has 1 N–H and O–H groups in total. The third kappa shape index (κ3) is 5.55. The van der Waals surface area contributed by atoms with Gasteiger partial charge in [-0.15, -0.1) is 0 Å². The average Bonchev–Trinajstić information content (AvgIpc) is 1.95. The summed E-state index contributed by atoms with van der Waals surface area (Å²) in [6.07, 6.45) is 0.622. The summed E-state index contributed by atoms with van der Waals surface area (Å²) in [4.78, 5) is 22.6. The molecule has 3 heteroatoms. The van der Waals surface area contributed by atoms with E-state index in [0.717, 1.165) is 0 Å². The van der Waals surface area contributed by atoms with Gasteiger partial charge in [0.25, 0.3) is 0 Å². The molecule has 0 fully saturated rings. The average molecular weight is 214 g/mol. The minimum Gasteiger partial charge on any atom is -0.481 e. The largest absolute Gasteiger partial charge is 0.481 e. The van der Waals surface area contributed by atoms with Crippen LogP contribution in [0.2, 0.25) is 0 Å². The first kappa shape index (κ1) is 14.1. The highest BCUT2D eigenvalue weighted by molar-refractivity contribution is 5.84. The lowest BCUT2D eigenvalue weighted by Gasteiger charge is -2.26. The van der Waals surface area contributed by atoms with Crippen molar-refractivity contribution in [2.75, 3.05) is 0 Å². The summed E-state index contributed by atoms with van der Waals surface area (Å²) in [6, 6.07) is 0. The molecule has 0 aliphatic heterocycles. The summed E-state index contributed by atoms with van der Waals surface area (Å²) in [5.41, 5.74) is -0.363. The smallest absolute Gasteiger partial charge is 0.307 e. The highest BCUT2D eigenvalue weighted by Gasteiger charge is 2.32. The van der Waals surface area contributed by atoms with Crippen LogP contribution in [0.3, 0.4) is 0 Å². The van der Waals surface area contributed by atoms with Crippen molar-refractivity contribution in [3.05, 3.63) is 0 Å². The van der Waals surface area contributed by atoms with E-state index in [4.69, 9.17) is 5.11 Å². The lowest BCUT2D eigenvalue weighted by atomic mass is 9.77. The predicted molar refractivity (Wildman–Crippen MR) is 59.7 cm³/mol. The molecule has 0 amide bonds. The van der Waals surface area contributed by atoms with Crippen LogP contribution in [0.4, 0.5) is 0 Å². The molecular formula is C12H22O3. The van der Waals surface area contributed by atoms with Gasteiger partial charge in [0.2, 0.25) is 0 Å². The number of hydrogen-bond acceptors (Lipinski definition) is 2. The maximum atomic E-state index is 11.6. The Hall–Kier alpha value is -0.860. The molecule has 0 aliphatic carbocycles. The SMILES string of the molecule is CC(C)CC(=O)CC(C(=O)O)C(C)(C)C. The van der Waals surface area contributed by atoms with Gasteiger partial charge in [-0.2, -0.15) is 0 Å². The Bertz CT molecular complexity index is 236. The molecule has 1 atom stereocenters. The minimum atomic E-state index is -0.875. The molecule has 0 bridgehead atoms. The number of carboxylic acid groups (broad SMARTS) is 1. The van der Waals surface area contributed by atoms with Crippen LogP contribution in [-0.2, 0) is 9.59 Å². The summed E-state index contributed by atoms with van der Waals surface area (Å²) in [5, 5.41) is 9.04. The van der Waals surface area contributed by atoms with E-state index in [2.05, 4.69) is 0 Å². The molecule has 0 spiro atoms. The molecule has 1 unspecified atom stereocenters. The monoisotopic (exact) mass is 214 g/mol. The lowest BCUT2D eigenvalue weighted by molar-refractivity contribution is -0.147. The standard InChI is InChI=1S/C12H22O3/c1-8(2)6-9(13)7-10(11(14)15)12(3,4)5/h8,10H,6-7H2,1-5H3,(H,14,15). The molecule has 15 heavy (non-hydrogen) atoms. The topological polar surface area (TPSA) is 54.4 Å². The van der Waals surface area contributed by atoms with Crippen LogP contribution in [0.5, 0.6) is 0 Å². The first-order chi connectivity index (χ1) is 6.64. The summed E-state index contributed by atoms with van der Waals surface area (Å²) >= 11 is 0. The third-order valence-corrected chi connectivity index (χ3v) is 2.41. The van der Waals surface area contributed by atoms with E-state index in [1.54, 1.807) is 0 Å². The zero-order valence-electron chi connectivity index (χ0n) is 10.3. The van der Waals surface area contributed by atoms with E-state index in [9.17, 15) is 9.59 Å². The molecular weight excluding hydrogens is 192 g/mol. The number of carbonyl (C=O) groups is 2. The van der Waals surface area contributed by atoms with Gasteiger partial charge in [-0.05, 0) is 11.3 Å². The Labute approximate surface area is 91.9 Å².